The van der Waals surface area contributed by atoms with Gasteiger partial charge in [-0.3, -0.25) is 0 Å². The normalized spacial score (nSPS) is 11.2. The summed E-state index contributed by atoms with van der Waals surface area (Å²) in [6.45, 7) is 0. The van der Waals surface area contributed by atoms with Gasteiger partial charge in [0, 0.05) is 6.07 Å². The lowest BCUT2D eigenvalue weighted by Gasteiger charge is -2.11. The number of ether oxygens (including phenoxy) is 2. The topological polar surface area (TPSA) is 18.5 Å². The van der Waals surface area contributed by atoms with Gasteiger partial charge in [-0.15, -0.1) is 13.2 Å². The summed E-state index contributed by atoms with van der Waals surface area (Å²) >= 11 is 0. The molecular weight excluding hydrogens is 204 g/mol. The van der Waals surface area contributed by atoms with Gasteiger partial charge >= 0.3 is 6.36 Å². The van der Waals surface area contributed by atoms with E-state index in [0.717, 1.165) is 19.2 Å². The molecule has 0 N–H and O–H groups in total. The average molecular weight is 210 g/mol. The van der Waals surface area contributed by atoms with Gasteiger partial charge in [0.2, 0.25) is 0 Å². The van der Waals surface area contributed by atoms with Crippen LogP contribution in [0, 0.1) is 5.82 Å². The molecule has 0 fully saturated rings. The van der Waals surface area contributed by atoms with Crippen LogP contribution in [-0.2, 0) is 0 Å². The second-order valence-electron chi connectivity index (χ2n) is 2.34. The zero-order valence-corrected chi connectivity index (χ0v) is 7.06. The Kier molecular flexibility index (Phi) is 2.83. The maximum absolute atomic E-state index is 12.6. The molecule has 0 aliphatic carbocycles. The van der Waals surface area contributed by atoms with Crippen LogP contribution < -0.4 is 9.47 Å². The quantitative estimate of drug-likeness (QED) is 0.698. The molecule has 1 aromatic rings. The van der Waals surface area contributed by atoms with Crippen LogP contribution in [0.3, 0.4) is 0 Å². The zero-order valence-electron chi connectivity index (χ0n) is 7.06. The first-order valence-electron chi connectivity index (χ1n) is 3.51. The Bertz CT molecular complexity index is 322. The van der Waals surface area contributed by atoms with Crippen molar-refractivity contribution in [3.8, 4) is 11.5 Å². The molecule has 0 amide bonds. The van der Waals surface area contributed by atoms with E-state index >= 15 is 0 Å². The van der Waals surface area contributed by atoms with Crippen LogP contribution >= 0.6 is 0 Å². The molecule has 0 radical (unpaired) electrons. The highest BCUT2D eigenvalue weighted by molar-refractivity contribution is 5.40. The molecule has 0 aromatic heterocycles. The Balaban J connectivity index is 2.99. The summed E-state index contributed by atoms with van der Waals surface area (Å²) in [7, 11) is 1.16. The highest BCUT2D eigenvalue weighted by Gasteiger charge is 2.32. The fourth-order valence-electron chi connectivity index (χ4n) is 0.855. The lowest BCUT2D eigenvalue weighted by molar-refractivity contribution is -0.275. The molecule has 6 heteroatoms. The lowest BCUT2D eigenvalue weighted by atomic mass is 10.3. The number of rotatable bonds is 2. The number of alkyl halides is 3. The van der Waals surface area contributed by atoms with Gasteiger partial charge in [-0.25, -0.2) is 4.39 Å². The predicted molar refractivity (Wildman–Crippen MR) is 39.6 cm³/mol. The SMILES string of the molecule is COc1ccc(F)cc1OC(F)(F)F. The third kappa shape index (κ3) is 2.79. The van der Waals surface area contributed by atoms with E-state index < -0.39 is 17.9 Å². The molecule has 0 aliphatic rings. The van der Waals surface area contributed by atoms with E-state index in [9.17, 15) is 17.6 Å². The Labute approximate surface area is 77.1 Å². The van der Waals surface area contributed by atoms with E-state index in [0.29, 0.717) is 6.07 Å². The third-order valence-electron chi connectivity index (χ3n) is 1.35. The molecule has 0 saturated carbocycles. The van der Waals surface area contributed by atoms with E-state index in [1.807, 2.05) is 0 Å². The van der Waals surface area contributed by atoms with Crippen LogP contribution in [0.4, 0.5) is 17.6 Å². The van der Waals surface area contributed by atoms with Crippen LogP contribution in [0.15, 0.2) is 18.2 Å². The summed E-state index contributed by atoms with van der Waals surface area (Å²) in [4.78, 5) is 0. The van der Waals surface area contributed by atoms with Crippen molar-refractivity contribution in [2.45, 2.75) is 6.36 Å². The highest BCUT2D eigenvalue weighted by atomic mass is 19.4. The molecule has 78 valence electrons. The number of methoxy groups -OCH3 is 1. The van der Waals surface area contributed by atoms with Crippen molar-refractivity contribution in [1.29, 1.82) is 0 Å². The first-order valence-corrected chi connectivity index (χ1v) is 3.51. The predicted octanol–water partition coefficient (Wildman–Crippen LogP) is 2.73. The van der Waals surface area contributed by atoms with Crippen LogP contribution in [0.5, 0.6) is 11.5 Å². The molecule has 2 nitrogen and oxygen atoms in total. The first kappa shape index (κ1) is 10.6. The smallest absolute Gasteiger partial charge is 0.493 e. The molecular formula is C8H6F4O2. The number of benzene rings is 1. The second kappa shape index (κ2) is 3.73. The van der Waals surface area contributed by atoms with Gasteiger partial charge in [-0.1, -0.05) is 0 Å². The minimum Gasteiger partial charge on any atom is -0.493 e. The molecule has 0 heterocycles. The van der Waals surface area contributed by atoms with E-state index in [1.54, 1.807) is 0 Å². The van der Waals surface area contributed by atoms with Crippen molar-refractivity contribution < 1.29 is 27.0 Å². The largest absolute Gasteiger partial charge is 0.573 e. The van der Waals surface area contributed by atoms with Gasteiger partial charge in [0.05, 0.1) is 7.11 Å². The average Bonchev–Trinajstić information content (AvgIpc) is 2.01. The van der Waals surface area contributed by atoms with E-state index in [-0.39, 0.29) is 5.75 Å². The second-order valence-corrected chi connectivity index (χ2v) is 2.34. The molecule has 0 spiro atoms. The highest BCUT2D eigenvalue weighted by Crippen LogP contribution is 2.32. The van der Waals surface area contributed by atoms with Gasteiger partial charge in [0.15, 0.2) is 11.5 Å². The number of hydrogen-bond acceptors (Lipinski definition) is 2. The Morgan fingerprint density at radius 2 is 1.79 bits per heavy atom. The van der Waals surface area contributed by atoms with Crippen molar-refractivity contribution in [3.05, 3.63) is 24.0 Å². The third-order valence-corrected chi connectivity index (χ3v) is 1.35. The van der Waals surface area contributed by atoms with Crippen molar-refractivity contribution in [2.75, 3.05) is 7.11 Å². The summed E-state index contributed by atoms with van der Waals surface area (Å²) in [5.74, 6) is -1.70. The Morgan fingerprint density at radius 3 is 2.29 bits per heavy atom. The molecule has 0 saturated heterocycles. The minimum absolute atomic E-state index is 0.177. The minimum atomic E-state index is -4.86. The summed E-state index contributed by atoms with van der Waals surface area (Å²) in [6.07, 6.45) is -4.86. The van der Waals surface area contributed by atoms with Crippen molar-refractivity contribution in [3.63, 3.8) is 0 Å². The monoisotopic (exact) mass is 210 g/mol. The molecule has 0 bridgehead atoms. The summed E-state index contributed by atoms with van der Waals surface area (Å²) < 4.78 is 56.0. The van der Waals surface area contributed by atoms with Gasteiger partial charge in [-0.05, 0) is 12.1 Å². The fraction of sp³-hybridized carbons (Fsp3) is 0.250. The molecule has 0 aliphatic heterocycles. The van der Waals surface area contributed by atoms with Crippen molar-refractivity contribution in [2.24, 2.45) is 0 Å². The molecule has 14 heavy (non-hydrogen) atoms. The Morgan fingerprint density at radius 1 is 1.14 bits per heavy atom. The first-order chi connectivity index (χ1) is 6.42. The molecule has 1 rings (SSSR count). The van der Waals surface area contributed by atoms with Crippen molar-refractivity contribution in [1.82, 2.24) is 0 Å². The standard InChI is InChI=1S/C8H6F4O2/c1-13-6-3-2-5(9)4-7(6)14-8(10,11)12/h2-4H,1H3. The van der Waals surface area contributed by atoms with Gasteiger partial charge in [-0.2, -0.15) is 0 Å². The van der Waals surface area contributed by atoms with Gasteiger partial charge in [0.1, 0.15) is 5.82 Å². The maximum atomic E-state index is 12.6. The maximum Gasteiger partial charge on any atom is 0.573 e. The Hall–Kier alpha value is -1.46. The van der Waals surface area contributed by atoms with E-state index in [2.05, 4.69) is 9.47 Å². The summed E-state index contributed by atoms with van der Waals surface area (Å²) in [5, 5.41) is 0. The lowest BCUT2D eigenvalue weighted by Crippen LogP contribution is -2.17. The fourth-order valence-corrected chi connectivity index (χ4v) is 0.855. The van der Waals surface area contributed by atoms with E-state index in [4.69, 9.17) is 0 Å². The van der Waals surface area contributed by atoms with E-state index in [1.165, 1.54) is 0 Å². The van der Waals surface area contributed by atoms with Crippen LogP contribution in [0.1, 0.15) is 0 Å². The number of hydrogen-bond donors (Lipinski definition) is 0. The molecule has 0 atom stereocenters. The zero-order chi connectivity index (χ0) is 10.8. The van der Waals surface area contributed by atoms with Crippen LogP contribution in [-0.4, -0.2) is 13.5 Å². The van der Waals surface area contributed by atoms with Gasteiger partial charge in [0.25, 0.3) is 0 Å². The molecule has 1 aromatic carbocycles. The van der Waals surface area contributed by atoms with Crippen LogP contribution in [0.2, 0.25) is 0 Å². The molecule has 0 unspecified atom stereocenters. The summed E-state index contributed by atoms with van der Waals surface area (Å²) in [6, 6.07) is 2.63. The van der Waals surface area contributed by atoms with Gasteiger partial charge < -0.3 is 9.47 Å². The van der Waals surface area contributed by atoms with Crippen LogP contribution in [0.25, 0.3) is 0 Å². The van der Waals surface area contributed by atoms with Crippen molar-refractivity contribution >= 4 is 0 Å². The summed E-state index contributed by atoms with van der Waals surface area (Å²) in [5.41, 5.74) is 0. The number of halogens is 4.